The molecule has 0 aromatic heterocycles. The highest BCUT2D eigenvalue weighted by atomic mass is 19.4. The number of nitrogens with one attached hydrogen (secondary N) is 3. The zero-order valence-corrected chi connectivity index (χ0v) is 17.6. The minimum absolute atomic E-state index is 0.0622. The number of hydrogen-bond acceptors (Lipinski definition) is 7. The van der Waals surface area contributed by atoms with Gasteiger partial charge in [0.2, 0.25) is 0 Å². The molecule has 7 nitrogen and oxygen atoms in total. The molecule has 1 heterocycles. The summed E-state index contributed by atoms with van der Waals surface area (Å²) in [6.45, 7) is 1.60. The first-order valence-corrected chi connectivity index (χ1v) is 10.7. The van der Waals surface area contributed by atoms with Crippen LogP contribution in [-0.2, 0) is 6.18 Å². The molecule has 2 fully saturated rings. The maximum absolute atomic E-state index is 13.2. The molecule has 172 valence electrons. The second kappa shape index (κ2) is 10.6. The Morgan fingerprint density at radius 3 is 2.42 bits per heavy atom. The molecule has 1 atom stereocenters. The first-order chi connectivity index (χ1) is 14.8. The summed E-state index contributed by atoms with van der Waals surface area (Å²) in [5, 5.41) is 22.2. The minimum atomic E-state index is -4.59. The van der Waals surface area contributed by atoms with Crippen LogP contribution < -0.4 is 20.9 Å². The van der Waals surface area contributed by atoms with Crippen LogP contribution in [0.5, 0.6) is 5.75 Å². The average Bonchev–Trinajstić information content (AvgIpc) is 2.75. The summed E-state index contributed by atoms with van der Waals surface area (Å²) < 4.78 is 45.3. The fraction of sp³-hybridized carbons (Fsp3) is 0.667. The lowest BCUT2D eigenvalue weighted by Crippen LogP contribution is -2.62. The number of alkyl halides is 3. The van der Waals surface area contributed by atoms with E-state index in [0.29, 0.717) is 0 Å². The maximum Gasteiger partial charge on any atom is 0.417 e. The smallest absolute Gasteiger partial charge is 0.417 e. The predicted octanol–water partition coefficient (Wildman–Crippen LogP) is 2.32. The van der Waals surface area contributed by atoms with E-state index in [-0.39, 0.29) is 30.3 Å². The number of halogens is 3. The summed E-state index contributed by atoms with van der Waals surface area (Å²) in [6, 6.07) is 5.34. The van der Waals surface area contributed by atoms with Crippen molar-refractivity contribution >= 4 is 0 Å². The molecule has 1 saturated heterocycles. The lowest BCUT2D eigenvalue weighted by molar-refractivity contribution is -0.137. The Morgan fingerprint density at radius 2 is 1.84 bits per heavy atom. The molecule has 1 aromatic carbocycles. The SMILES string of the molecule is CNNC(NC1CCC(Oc2ccc(C#N)c(C(F)(F)F)c2)CC1)N1CCC(O)CC1. The molecule has 0 spiro atoms. The van der Waals surface area contributed by atoms with Crippen molar-refractivity contribution in [2.24, 2.45) is 0 Å². The van der Waals surface area contributed by atoms with Gasteiger partial charge in [0.25, 0.3) is 0 Å². The molecule has 0 bridgehead atoms. The Balaban J connectivity index is 1.53. The summed E-state index contributed by atoms with van der Waals surface area (Å²) in [6.07, 6.45) is -0.431. The highest BCUT2D eigenvalue weighted by Gasteiger charge is 2.34. The molecule has 3 rings (SSSR count). The van der Waals surface area contributed by atoms with E-state index in [1.54, 1.807) is 6.07 Å². The number of aliphatic hydroxyl groups excluding tert-OH is 1. The Morgan fingerprint density at radius 1 is 1.16 bits per heavy atom. The number of benzene rings is 1. The van der Waals surface area contributed by atoms with Crippen molar-refractivity contribution in [3.63, 3.8) is 0 Å². The van der Waals surface area contributed by atoms with E-state index in [4.69, 9.17) is 10.00 Å². The summed E-state index contributed by atoms with van der Waals surface area (Å²) in [7, 11) is 1.81. The first kappa shape index (κ1) is 23.8. The van der Waals surface area contributed by atoms with Crippen LogP contribution in [-0.4, -0.2) is 54.7 Å². The normalized spacial score (nSPS) is 24.5. The summed E-state index contributed by atoms with van der Waals surface area (Å²) in [4.78, 5) is 2.25. The first-order valence-electron chi connectivity index (χ1n) is 10.7. The molecular formula is C21H30F3N5O2. The van der Waals surface area contributed by atoms with Crippen LogP contribution >= 0.6 is 0 Å². The van der Waals surface area contributed by atoms with E-state index in [0.717, 1.165) is 63.7 Å². The van der Waals surface area contributed by atoms with Gasteiger partial charge in [-0.2, -0.15) is 18.4 Å². The van der Waals surface area contributed by atoms with Gasteiger partial charge in [-0.3, -0.25) is 15.6 Å². The lowest BCUT2D eigenvalue weighted by atomic mass is 9.92. The molecule has 1 aromatic rings. The van der Waals surface area contributed by atoms with Crippen molar-refractivity contribution < 1.29 is 23.0 Å². The number of likely N-dealkylation sites (tertiary alicyclic amines) is 1. The van der Waals surface area contributed by atoms with Crippen LogP contribution in [0.2, 0.25) is 0 Å². The fourth-order valence-corrected chi connectivity index (χ4v) is 4.21. The number of aliphatic hydroxyl groups is 1. The number of rotatable bonds is 7. The molecule has 1 aliphatic heterocycles. The van der Waals surface area contributed by atoms with E-state index in [1.807, 2.05) is 7.05 Å². The van der Waals surface area contributed by atoms with E-state index >= 15 is 0 Å². The Labute approximate surface area is 180 Å². The maximum atomic E-state index is 13.2. The highest BCUT2D eigenvalue weighted by Crippen LogP contribution is 2.35. The van der Waals surface area contributed by atoms with Crippen LogP contribution in [0.15, 0.2) is 18.2 Å². The predicted molar refractivity (Wildman–Crippen MR) is 109 cm³/mol. The third kappa shape index (κ3) is 6.54. The number of piperidine rings is 1. The van der Waals surface area contributed by atoms with Crippen LogP contribution in [0.1, 0.15) is 49.7 Å². The van der Waals surface area contributed by atoms with Crippen molar-refractivity contribution in [1.29, 1.82) is 5.26 Å². The Kier molecular flexibility index (Phi) is 8.13. The lowest BCUT2D eigenvalue weighted by Gasteiger charge is -2.40. The van der Waals surface area contributed by atoms with Gasteiger partial charge in [0.1, 0.15) is 12.0 Å². The van der Waals surface area contributed by atoms with Crippen molar-refractivity contribution in [2.45, 2.75) is 69.2 Å². The van der Waals surface area contributed by atoms with Gasteiger partial charge in [-0.25, -0.2) is 5.43 Å². The average molecular weight is 441 g/mol. The summed E-state index contributed by atoms with van der Waals surface area (Å²) in [5.74, 6) is 0.143. The number of hydrogen-bond donors (Lipinski definition) is 4. The molecule has 31 heavy (non-hydrogen) atoms. The third-order valence-corrected chi connectivity index (χ3v) is 5.93. The van der Waals surface area contributed by atoms with Gasteiger partial charge in [0.15, 0.2) is 0 Å². The molecule has 1 unspecified atom stereocenters. The Bertz CT molecular complexity index is 754. The second-order valence-corrected chi connectivity index (χ2v) is 8.14. The van der Waals surface area contributed by atoms with Gasteiger partial charge >= 0.3 is 6.18 Å². The third-order valence-electron chi connectivity index (χ3n) is 5.93. The largest absolute Gasteiger partial charge is 0.490 e. The van der Waals surface area contributed by atoms with Crippen LogP contribution in [0.4, 0.5) is 13.2 Å². The van der Waals surface area contributed by atoms with Gasteiger partial charge in [-0.1, -0.05) is 0 Å². The topological polar surface area (TPSA) is 92.6 Å². The molecule has 1 aliphatic carbocycles. The Hall–Kier alpha value is -1.90. The van der Waals surface area contributed by atoms with Crippen molar-refractivity contribution in [1.82, 2.24) is 21.1 Å². The zero-order valence-electron chi connectivity index (χ0n) is 17.6. The summed E-state index contributed by atoms with van der Waals surface area (Å²) >= 11 is 0. The van der Waals surface area contributed by atoms with Gasteiger partial charge in [0, 0.05) is 19.1 Å². The molecule has 1 saturated carbocycles. The molecule has 4 N–H and O–H groups in total. The van der Waals surface area contributed by atoms with E-state index < -0.39 is 17.3 Å². The van der Waals surface area contributed by atoms with Crippen LogP contribution in [0, 0.1) is 11.3 Å². The number of hydrazine groups is 1. The van der Waals surface area contributed by atoms with Crippen molar-refractivity contribution in [3.8, 4) is 11.8 Å². The summed E-state index contributed by atoms with van der Waals surface area (Å²) in [5.41, 5.74) is 4.83. The fourth-order valence-electron chi connectivity index (χ4n) is 4.21. The zero-order chi connectivity index (χ0) is 22.4. The van der Waals surface area contributed by atoms with E-state index in [1.165, 1.54) is 6.07 Å². The standard InChI is InChI=1S/C21H30F3N5O2/c1-26-28-20(29-10-8-16(30)9-11-29)27-15-3-6-17(7-4-15)31-18-5-2-14(13-25)19(12-18)21(22,23)24/h2,5,12,15-17,20,26-28,30H,3-4,6-11H2,1H3. The number of nitriles is 1. The quantitative estimate of drug-likeness (QED) is 0.381. The van der Waals surface area contributed by atoms with E-state index in [2.05, 4.69) is 21.1 Å². The van der Waals surface area contributed by atoms with Gasteiger partial charge in [0.05, 0.1) is 29.4 Å². The monoisotopic (exact) mass is 441 g/mol. The van der Waals surface area contributed by atoms with E-state index in [9.17, 15) is 18.3 Å². The van der Waals surface area contributed by atoms with Gasteiger partial charge in [-0.15, -0.1) is 0 Å². The van der Waals surface area contributed by atoms with Gasteiger partial charge < -0.3 is 9.84 Å². The highest BCUT2D eigenvalue weighted by molar-refractivity contribution is 5.44. The second-order valence-electron chi connectivity index (χ2n) is 8.14. The molecule has 0 amide bonds. The molecule has 2 aliphatic rings. The number of nitrogens with zero attached hydrogens (tertiary/aromatic N) is 2. The van der Waals surface area contributed by atoms with Crippen LogP contribution in [0.25, 0.3) is 0 Å². The number of ether oxygens (including phenoxy) is 1. The van der Waals surface area contributed by atoms with Crippen molar-refractivity contribution in [3.05, 3.63) is 29.3 Å². The van der Waals surface area contributed by atoms with Crippen molar-refractivity contribution in [2.75, 3.05) is 20.1 Å². The minimum Gasteiger partial charge on any atom is -0.490 e. The van der Waals surface area contributed by atoms with Crippen LogP contribution in [0.3, 0.4) is 0 Å². The molecule has 10 heteroatoms. The molecule has 0 radical (unpaired) electrons. The van der Waals surface area contributed by atoms with Gasteiger partial charge in [-0.05, 0) is 63.8 Å². The molecular weight excluding hydrogens is 411 g/mol.